The fraction of sp³-hybridized carbons (Fsp3) is 0.667. The Morgan fingerprint density at radius 2 is 2.23 bits per heavy atom. The van der Waals surface area contributed by atoms with Crippen LogP contribution in [0.1, 0.15) is 24.8 Å². The molecular formula is C6H8F3N3O. The van der Waals surface area contributed by atoms with Crippen LogP contribution in [0, 0.1) is 0 Å². The van der Waals surface area contributed by atoms with Crippen molar-refractivity contribution in [2.45, 2.75) is 25.1 Å². The number of nitrogens with one attached hydrogen (secondary N) is 1. The molecular weight excluding hydrogens is 187 g/mol. The van der Waals surface area contributed by atoms with Crippen LogP contribution in [-0.2, 0) is 0 Å². The number of nitrogens with zero attached hydrogens (tertiary/aromatic N) is 2. The summed E-state index contributed by atoms with van der Waals surface area (Å²) in [7, 11) is 0. The van der Waals surface area contributed by atoms with Crippen LogP contribution < -0.4 is 0 Å². The highest BCUT2D eigenvalue weighted by Crippen LogP contribution is 2.25. The van der Waals surface area contributed by atoms with Crippen molar-refractivity contribution in [2.75, 3.05) is 0 Å². The number of aliphatic hydroxyl groups excluding tert-OH is 1. The topological polar surface area (TPSA) is 61.8 Å². The molecule has 1 aromatic rings. The van der Waals surface area contributed by atoms with Gasteiger partial charge in [-0.3, -0.25) is 5.10 Å². The number of halogens is 3. The largest absolute Gasteiger partial charge is 0.389 e. The minimum Gasteiger partial charge on any atom is -0.385 e. The summed E-state index contributed by atoms with van der Waals surface area (Å²) in [6, 6.07) is 0. The zero-order chi connectivity index (χ0) is 9.90. The molecule has 1 aromatic heterocycles. The number of alkyl halides is 3. The summed E-state index contributed by atoms with van der Waals surface area (Å²) in [4.78, 5) is 3.53. The molecule has 0 bridgehead atoms. The smallest absolute Gasteiger partial charge is 0.385 e. The molecule has 1 heterocycles. The predicted molar refractivity (Wildman–Crippen MR) is 36.6 cm³/mol. The first-order valence-corrected chi connectivity index (χ1v) is 3.59. The first kappa shape index (κ1) is 9.97. The quantitative estimate of drug-likeness (QED) is 0.761. The third-order valence-electron chi connectivity index (χ3n) is 1.45. The molecule has 4 nitrogen and oxygen atoms in total. The Balaban J connectivity index is 2.39. The second kappa shape index (κ2) is 3.73. The van der Waals surface area contributed by atoms with E-state index in [0.717, 1.165) is 6.33 Å². The molecule has 0 fully saturated rings. The van der Waals surface area contributed by atoms with Gasteiger partial charge in [0.1, 0.15) is 12.4 Å². The molecule has 13 heavy (non-hydrogen) atoms. The zero-order valence-corrected chi connectivity index (χ0v) is 6.54. The molecule has 1 rings (SSSR count). The van der Waals surface area contributed by atoms with E-state index in [9.17, 15) is 13.2 Å². The Kier molecular flexibility index (Phi) is 2.86. The van der Waals surface area contributed by atoms with Crippen LogP contribution in [0.2, 0.25) is 0 Å². The van der Waals surface area contributed by atoms with Crippen molar-refractivity contribution in [2.24, 2.45) is 0 Å². The number of H-pyrrole nitrogens is 1. The third-order valence-corrected chi connectivity index (χ3v) is 1.45. The Bertz CT molecular complexity index is 246. The monoisotopic (exact) mass is 195 g/mol. The van der Waals surface area contributed by atoms with Crippen molar-refractivity contribution in [3.63, 3.8) is 0 Å². The molecule has 0 radical (unpaired) electrons. The second-order valence-corrected chi connectivity index (χ2v) is 2.54. The summed E-state index contributed by atoms with van der Waals surface area (Å²) in [6.45, 7) is 0. The van der Waals surface area contributed by atoms with Crippen molar-refractivity contribution in [1.82, 2.24) is 15.2 Å². The first-order chi connectivity index (χ1) is 5.99. The zero-order valence-electron chi connectivity index (χ0n) is 6.54. The lowest BCUT2D eigenvalue weighted by Crippen LogP contribution is -2.10. The maximum absolute atomic E-state index is 11.7. The van der Waals surface area contributed by atoms with E-state index in [1.54, 1.807) is 0 Å². The lowest BCUT2D eigenvalue weighted by molar-refractivity contribution is -0.140. The van der Waals surface area contributed by atoms with Gasteiger partial charge in [0.15, 0.2) is 5.82 Å². The van der Waals surface area contributed by atoms with E-state index >= 15 is 0 Å². The van der Waals surface area contributed by atoms with Gasteiger partial charge in [-0.2, -0.15) is 18.3 Å². The number of rotatable bonds is 3. The minimum absolute atomic E-state index is 0.0595. The maximum atomic E-state index is 11.7. The summed E-state index contributed by atoms with van der Waals surface area (Å²) in [5.41, 5.74) is 0. The predicted octanol–water partition coefficient (Wildman–Crippen LogP) is 1.18. The van der Waals surface area contributed by atoms with E-state index < -0.39 is 25.1 Å². The normalized spacial score (nSPS) is 14.5. The fourth-order valence-electron chi connectivity index (χ4n) is 0.813. The molecule has 0 spiro atoms. The van der Waals surface area contributed by atoms with Crippen molar-refractivity contribution < 1.29 is 18.3 Å². The van der Waals surface area contributed by atoms with Crippen molar-refractivity contribution in [1.29, 1.82) is 0 Å². The Morgan fingerprint density at radius 1 is 1.54 bits per heavy atom. The maximum Gasteiger partial charge on any atom is 0.389 e. The van der Waals surface area contributed by atoms with E-state index in [1.165, 1.54) is 0 Å². The average Bonchev–Trinajstić information content (AvgIpc) is 2.50. The standard InChI is InChI=1S/C6H8F3N3O/c7-6(8,9)2-1-4(13)5-10-3-11-12-5/h3-4,13H,1-2H2,(H,10,11,12). The number of aromatic nitrogens is 3. The fourth-order valence-corrected chi connectivity index (χ4v) is 0.813. The van der Waals surface area contributed by atoms with Crippen LogP contribution in [0.5, 0.6) is 0 Å². The summed E-state index contributed by atoms with van der Waals surface area (Å²) in [5, 5.41) is 14.8. The average molecular weight is 195 g/mol. The minimum atomic E-state index is -4.25. The Labute approximate surface area is 71.8 Å². The van der Waals surface area contributed by atoms with Crippen molar-refractivity contribution in [3.05, 3.63) is 12.2 Å². The lowest BCUT2D eigenvalue weighted by Gasteiger charge is -2.09. The van der Waals surface area contributed by atoms with E-state index in [0.29, 0.717) is 0 Å². The lowest BCUT2D eigenvalue weighted by atomic mass is 10.2. The molecule has 7 heteroatoms. The van der Waals surface area contributed by atoms with Gasteiger partial charge in [-0.05, 0) is 6.42 Å². The number of hydrogen-bond donors (Lipinski definition) is 2. The van der Waals surface area contributed by atoms with Gasteiger partial charge in [-0.15, -0.1) is 0 Å². The summed E-state index contributed by atoms with van der Waals surface area (Å²) >= 11 is 0. The van der Waals surface area contributed by atoms with Gasteiger partial charge in [0, 0.05) is 6.42 Å². The molecule has 0 amide bonds. The van der Waals surface area contributed by atoms with Gasteiger partial charge in [-0.1, -0.05) is 0 Å². The Morgan fingerprint density at radius 3 is 2.69 bits per heavy atom. The summed E-state index contributed by atoms with van der Waals surface area (Å²) in [6.07, 6.45) is -5.79. The molecule has 0 aromatic carbocycles. The van der Waals surface area contributed by atoms with Crippen LogP contribution in [0.4, 0.5) is 13.2 Å². The van der Waals surface area contributed by atoms with E-state index in [4.69, 9.17) is 5.11 Å². The molecule has 1 unspecified atom stereocenters. The van der Waals surface area contributed by atoms with Gasteiger partial charge in [0.05, 0.1) is 0 Å². The van der Waals surface area contributed by atoms with Gasteiger partial charge in [0.25, 0.3) is 0 Å². The molecule has 0 aliphatic carbocycles. The highest BCUT2D eigenvalue weighted by molar-refractivity contribution is 4.86. The summed E-state index contributed by atoms with van der Waals surface area (Å²) < 4.78 is 35.1. The number of aromatic amines is 1. The first-order valence-electron chi connectivity index (χ1n) is 3.59. The van der Waals surface area contributed by atoms with E-state index in [1.807, 2.05) is 0 Å². The number of aliphatic hydroxyl groups is 1. The molecule has 0 aliphatic rings. The molecule has 0 saturated carbocycles. The molecule has 0 saturated heterocycles. The van der Waals surface area contributed by atoms with Crippen LogP contribution in [-0.4, -0.2) is 26.5 Å². The van der Waals surface area contributed by atoms with Crippen LogP contribution >= 0.6 is 0 Å². The van der Waals surface area contributed by atoms with Crippen molar-refractivity contribution >= 4 is 0 Å². The van der Waals surface area contributed by atoms with Crippen LogP contribution in [0.25, 0.3) is 0 Å². The molecule has 2 N–H and O–H groups in total. The third kappa shape index (κ3) is 3.41. The highest BCUT2D eigenvalue weighted by Gasteiger charge is 2.28. The molecule has 0 aliphatic heterocycles. The van der Waals surface area contributed by atoms with E-state index in [-0.39, 0.29) is 5.82 Å². The Hall–Kier alpha value is -1.11. The van der Waals surface area contributed by atoms with Gasteiger partial charge in [-0.25, -0.2) is 4.98 Å². The van der Waals surface area contributed by atoms with E-state index in [2.05, 4.69) is 15.2 Å². The SMILES string of the molecule is OC(CCC(F)(F)F)c1ncn[nH]1. The number of hydrogen-bond acceptors (Lipinski definition) is 3. The second-order valence-electron chi connectivity index (χ2n) is 2.54. The van der Waals surface area contributed by atoms with Crippen LogP contribution in [0.3, 0.4) is 0 Å². The summed E-state index contributed by atoms with van der Waals surface area (Å²) in [5.74, 6) is 0.0595. The molecule has 1 atom stereocenters. The van der Waals surface area contributed by atoms with Gasteiger partial charge >= 0.3 is 6.18 Å². The van der Waals surface area contributed by atoms with Crippen LogP contribution in [0.15, 0.2) is 6.33 Å². The van der Waals surface area contributed by atoms with Crippen molar-refractivity contribution in [3.8, 4) is 0 Å². The van der Waals surface area contributed by atoms with Gasteiger partial charge < -0.3 is 5.11 Å². The van der Waals surface area contributed by atoms with Gasteiger partial charge in [0.2, 0.25) is 0 Å². The molecule has 74 valence electrons. The highest BCUT2D eigenvalue weighted by atomic mass is 19.4.